The minimum Gasteiger partial charge on any atom is -0.491 e. The van der Waals surface area contributed by atoms with Gasteiger partial charge in [-0.05, 0) is 49.7 Å². The summed E-state index contributed by atoms with van der Waals surface area (Å²) >= 11 is 0. The summed E-state index contributed by atoms with van der Waals surface area (Å²) in [5.74, 6) is 0.0969. The quantitative estimate of drug-likeness (QED) is 0.797. The van der Waals surface area contributed by atoms with Crippen molar-refractivity contribution in [1.29, 1.82) is 0 Å². The van der Waals surface area contributed by atoms with Gasteiger partial charge in [-0.2, -0.15) is 0 Å². The molecule has 0 aliphatic heterocycles. The van der Waals surface area contributed by atoms with E-state index in [0.29, 0.717) is 5.75 Å². The fraction of sp³-hybridized carbons (Fsp3) is 0.278. The standard InChI is InChI=1S/C18H19FO4/c1-12-4-3-5-16(8-12)22-10-15(21)11-23-18-7-6-14(19)9-17(18)13(2)20/h3-9,15,21H,10-11H2,1-2H3. The van der Waals surface area contributed by atoms with E-state index in [9.17, 15) is 14.3 Å². The van der Waals surface area contributed by atoms with Gasteiger partial charge in [0.25, 0.3) is 0 Å². The van der Waals surface area contributed by atoms with Gasteiger partial charge in [-0.25, -0.2) is 4.39 Å². The van der Waals surface area contributed by atoms with Crippen molar-refractivity contribution >= 4 is 5.78 Å². The SMILES string of the molecule is CC(=O)c1cc(F)ccc1OCC(O)COc1cccc(C)c1. The van der Waals surface area contributed by atoms with Gasteiger partial charge in [-0.3, -0.25) is 4.79 Å². The molecule has 2 aromatic carbocycles. The Hall–Kier alpha value is -2.40. The highest BCUT2D eigenvalue weighted by atomic mass is 19.1. The number of ketones is 1. The van der Waals surface area contributed by atoms with Gasteiger partial charge in [0, 0.05) is 0 Å². The van der Waals surface area contributed by atoms with Crippen LogP contribution in [0.5, 0.6) is 11.5 Å². The zero-order valence-corrected chi connectivity index (χ0v) is 13.1. The Kier molecular flexibility index (Phi) is 5.71. The first-order valence-electron chi connectivity index (χ1n) is 7.26. The van der Waals surface area contributed by atoms with E-state index >= 15 is 0 Å². The second kappa shape index (κ2) is 7.74. The molecule has 0 aliphatic rings. The van der Waals surface area contributed by atoms with Crippen molar-refractivity contribution in [3.63, 3.8) is 0 Å². The minimum absolute atomic E-state index is 0.0556. The molecule has 0 aliphatic carbocycles. The van der Waals surface area contributed by atoms with Crippen LogP contribution in [0.1, 0.15) is 22.8 Å². The van der Waals surface area contributed by atoms with Crippen molar-refractivity contribution in [2.45, 2.75) is 20.0 Å². The summed E-state index contributed by atoms with van der Waals surface area (Å²) in [7, 11) is 0. The molecular weight excluding hydrogens is 299 g/mol. The highest BCUT2D eigenvalue weighted by Crippen LogP contribution is 2.20. The van der Waals surface area contributed by atoms with E-state index in [-0.39, 0.29) is 30.3 Å². The number of halogens is 1. The fourth-order valence-electron chi connectivity index (χ4n) is 2.03. The molecule has 2 aromatic rings. The maximum absolute atomic E-state index is 13.2. The van der Waals surface area contributed by atoms with Crippen LogP contribution in [0.3, 0.4) is 0 Å². The molecular formula is C18H19FO4. The summed E-state index contributed by atoms with van der Waals surface area (Å²) in [5.41, 5.74) is 1.21. The second-order valence-corrected chi connectivity index (χ2v) is 5.29. The van der Waals surface area contributed by atoms with Gasteiger partial charge < -0.3 is 14.6 Å². The fourth-order valence-corrected chi connectivity index (χ4v) is 2.03. The molecule has 0 bridgehead atoms. The third-order valence-electron chi connectivity index (χ3n) is 3.18. The molecule has 122 valence electrons. The van der Waals surface area contributed by atoms with Gasteiger partial charge in [0.1, 0.15) is 36.6 Å². The number of hydrogen-bond donors (Lipinski definition) is 1. The molecule has 0 saturated heterocycles. The van der Waals surface area contributed by atoms with Crippen molar-refractivity contribution in [2.75, 3.05) is 13.2 Å². The first-order valence-corrected chi connectivity index (χ1v) is 7.26. The number of aliphatic hydroxyl groups excluding tert-OH is 1. The Morgan fingerprint density at radius 2 is 1.91 bits per heavy atom. The zero-order valence-electron chi connectivity index (χ0n) is 13.1. The maximum atomic E-state index is 13.2. The first kappa shape index (κ1) is 17.0. The van der Waals surface area contributed by atoms with E-state index in [0.717, 1.165) is 11.6 Å². The Labute approximate surface area is 134 Å². The van der Waals surface area contributed by atoms with Crippen molar-refractivity contribution in [2.24, 2.45) is 0 Å². The molecule has 0 fully saturated rings. The summed E-state index contributed by atoms with van der Waals surface area (Å²) in [5, 5.41) is 9.92. The zero-order chi connectivity index (χ0) is 16.8. The van der Waals surface area contributed by atoms with Gasteiger partial charge in [-0.1, -0.05) is 12.1 Å². The molecule has 0 heterocycles. The monoisotopic (exact) mass is 318 g/mol. The number of carbonyl (C=O) groups is 1. The topological polar surface area (TPSA) is 55.8 Å². The largest absolute Gasteiger partial charge is 0.491 e. The van der Waals surface area contributed by atoms with E-state index in [1.165, 1.54) is 19.1 Å². The van der Waals surface area contributed by atoms with Crippen LogP contribution in [0, 0.1) is 12.7 Å². The summed E-state index contributed by atoms with van der Waals surface area (Å²) in [4.78, 5) is 11.5. The lowest BCUT2D eigenvalue weighted by atomic mass is 10.1. The van der Waals surface area contributed by atoms with E-state index in [2.05, 4.69) is 0 Å². The van der Waals surface area contributed by atoms with Crippen LogP contribution in [0.15, 0.2) is 42.5 Å². The lowest BCUT2D eigenvalue weighted by Crippen LogP contribution is -2.25. The Morgan fingerprint density at radius 1 is 1.17 bits per heavy atom. The molecule has 1 N–H and O–H groups in total. The number of benzene rings is 2. The highest BCUT2D eigenvalue weighted by molar-refractivity contribution is 5.96. The Bertz CT molecular complexity index is 684. The number of aryl methyl sites for hydroxylation is 1. The van der Waals surface area contributed by atoms with E-state index in [1.807, 2.05) is 25.1 Å². The summed E-state index contributed by atoms with van der Waals surface area (Å²) in [6, 6.07) is 11.2. The van der Waals surface area contributed by atoms with Crippen molar-refractivity contribution in [3.8, 4) is 11.5 Å². The molecule has 2 rings (SSSR count). The van der Waals surface area contributed by atoms with E-state index in [1.54, 1.807) is 6.07 Å². The number of hydrogen-bond acceptors (Lipinski definition) is 4. The van der Waals surface area contributed by atoms with Crippen molar-refractivity contribution in [1.82, 2.24) is 0 Å². The molecule has 0 radical (unpaired) electrons. The molecule has 0 amide bonds. The van der Waals surface area contributed by atoms with Gasteiger partial charge in [0.05, 0.1) is 5.56 Å². The number of rotatable bonds is 7. The molecule has 0 saturated carbocycles. The number of carbonyl (C=O) groups excluding carboxylic acids is 1. The molecule has 5 heteroatoms. The van der Waals surface area contributed by atoms with E-state index < -0.39 is 11.9 Å². The average Bonchev–Trinajstić information content (AvgIpc) is 2.51. The summed E-state index contributed by atoms with van der Waals surface area (Å²) in [6.45, 7) is 3.28. The van der Waals surface area contributed by atoms with Crippen LogP contribution in [0.25, 0.3) is 0 Å². The normalized spacial score (nSPS) is 11.8. The molecule has 0 aromatic heterocycles. The van der Waals surface area contributed by atoms with Gasteiger partial charge in [0.2, 0.25) is 0 Å². The van der Waals surface area contributed by atoms with Gasteiger partial charge in [0.15, 0.2) is 5.78 Å². The number of Topliss-reactive ketones (excluding diaryl/α,β-unsaturated/α-hetero) is 1. The molecule has 0 spiro atoms. The van der Waals surface area contributed by atoms with Crippen LogP contribution < -0.4 is 9.47 Å². The lowest BCUT2D eigenvalue weighted by molar-refractivity contribution is 0.0620. The second-order valence-electron chi connectivity index (χ2n) is 5.29. The van der Waals surface area contributed by atoms with Crippen LogP contribution in [-0.2, 0) is 0 Å². The third-order valence-corrected chi connectivity index (χ3v) is 3.18. The van der Waals surface area contributed by atoms with Crippen LogP contribution in [0.2, 0.25) is 0 Å². The highest BCUT2D eigenvalue weighted by Gasteiger charge is 2.12. The maximum Gasteiger partial charge on any atom is 0.163 e. The third kappa shape index (κ3) is 5.07. The average molecular weight is 318 g/mol. The van der Waals surface area contributed by atoms with Crippen LogP contribution >= 0.6 is 0 Å². The predicted octanol–water partition coefficient (Wildman–Crippen LogP) is 3.16. The van der Waals surface area contributed by atoms with Crippen LogP contribution in [-0.4, -0.2) is 30.2 Å². The Balaban J connectivity index is 1.89. The van der Waals surface area contributed by atoms with Gasteiger partial charge >= 0.3 is 0 Å². The Morgan fingerprint density at radius 3 is 2.61 bits per heavy atom. The predicted molar refractivity (Wildman–Crippen MR) is 84.6 cm³/mol. The molecule has 1 unspecified atom stereocenters. The number of ether oxygens (including phenoxy) is 2. The minimum atomic E-state index is -0.875. The molecule has 1 atom stereocenters. The first-order chi connectivity index (χ1) is 11.0. The van der Waals surface area contributed by atoms with Crippen LogP contribution in [0.4, 0.5) is 4.39 Å². The number of aliphatic hydroxyl groups is 1. The van der Waals surface area contributed by atoms with Crippen molar-refractivity contribution in [3.05, 3.63) is 59.4 Å². The van der Waals surface area contributed by atoms with Gasteiger partial charge in [-0.15, -0.1) is 0 Å². The van der Waals surface area contributed by atoms with Crippen molar-refractivity contribution < 1.29 is 23.8 Å². The van der Waals surface area contributed by atoms with E-state index in [4.69, 9.17) is 9.47 Å². The molecule has 4 nitrogen and oxygen atoms in total. The lowest BCUT2D eigenvalue weighted by Gasteiger charge is -2.15. The smallest absolute Gasteiger partial charge is 0.163 e. The summed E-state index contributed by atoms with van der Waals surface area (Å²) < 4.78 is 24.1. The summed E-state index contributed by atoms with van der Waals surface area (Å²) in [6.07, 6.45) is -0.875. The molecule has 23 heavy (non-hydrogen) atoms.